The van der Waals surface area contributed by atoms with Crippen molar-refractivity contribution in [2.24, 2.45) is 10.5 Å². The number of aromatic nitrogens is 2. The molecule has 1 atom stereocenters. The number of rotatable bonds is 10. The van der Waals surface area contributed by atoms with E-state index in [4.69, 9.17) is 14.5 Å². The molecule has 0 saturated heterocycles. The molecule has 192 valence electrons. The Morgan fingerprint density at radius 3 is 2.58 bits per heavy atom. The predicted molar refractivity (Wildman–Crippen MR) is 152 cm³/mol. The fourth-order valence-electron chi connectivity index (χ4n) is 3.68. The summed E-state index contributed by atoms with van der Waals surface area (Å²) in [7, 11) is 0. The zero-order valence-electron chi connectivity index (χ0n) is 22.1. The summed E-state index contributed by atoms with van der Waals surface area (Å²) >= 11 is 3.46. The highest BCUT2D eigenvalue weighted by Crippen LogP contribution is 2.35. The van der Waals surface area contributed by atoms with Crippen molar-refractivity contribution >= 4 is 33.0 Å². The summed E-state index contributed by atoms with van der Waals surface area (Å²) in [4.78, 5) is 18.2. The van der Waals surface area contributed by atoms with Gasteiger partial charge in [-0.1, -0.05) is 56.6 Å². The fourth-order valence-corrected chi connectivity index (χ4v) is 4.05. The van der Waals surface area contributed by atoms with Crippen LogP contribution < -0.4 is 15.0 Å². The molecule has 36 heavy (non-hydrogen) atoms. The lowest BCUT2D eigenvalue weighted by Crippen LogP contribution is -2.23. The van der Waals surface area contributed by atoms with Gasteiger partial charge in [-0.2, -0.15) is 9.78 Å². The molecular formula is C29H36BrN3O3. The molecule has 2 aromatic carbocycles. The van der Waals surface area contributed by atoms with E-state index >= 15 is 0 Å². The number of fused-ring (bicyclic) bond motifs is 1. The third-order valence-corrected chi connectivity index (χ3v) is 6.17. The lowest BCUT2D eigenvalue weighted by molar-refractivity contribution is 0.187. The molecule has 0 saturated carbocycles. The van der Waals surface area contributed by atoms with Gasteiger partial charge in [0.15, 0.2) is 11.5 Å². The largest absolute Gasteiger partial charge is 0.490 e. The molecule has 0 aliphatic rings. The van der Waals surface area contributed by atoms with Gasteiger partial charge in [0.05, 0.1) is 30.3 Å². The molecule has 6 nitrogen and oxygen atoms in total. The van der Waals surface area contributed by atoms with E-state index in [0.29, 0.717) is 42.1 Å². The summed E-state index contributed by atoms with van der Waals surface area (Å²) in [6.07, 6.45) is 4.97. The monoisotopic (exact) mass is 553 g/mol. The molecule has 3 rings (SSSR count). The van der Waals surface area contributed by atoms with Crippen LogP contribution in [-0.2, 0) is 6.42 Å². The molecule has 7 heteroatoms. The molecule has 3 aromatic rings. The molecule has 0 unspecified atom stereocenters. The summed E-state index contributed by atoms with van der Waals surface area (Å²) in [5, 5.41) is 5.14. The Labute approximate surface area is 222 Å². The molecule has 0 aliphatic heterocycles. The van der Waals surface area contributed by atoms with Gasteiger partial charge in [-0.05, 0) is 61.1 Å². The van der Waals surface area contributed by atoms with Crippen LogP contribution in [0.3, 0.4) is 0 Å². The van der Waals surface area contributed by atoms with E-state index in [-0.39, 0.29) is 16.9 Å². The summed E-state index contributed by atoms with van der Waals surface area (Å²) in [6.45, 7) is 17.4. The van der Waals surface area contributed by atoms with Gasteiger partial charge in [0.25, 0.3) is 5.56 Å². The van der Waals surface area contributed by atoms with Crippen LogP contribution in [0.15, 0.2) is 57.4 Å². The maximum atomic E-state index is 13.4. The quantitative estimate of drug-likeness (QED) is 0.198. The van der Waals surface area contributed by atoms with E-state index in [9.17, 15) is 4.79 Å². The lowest BCUT2D eigenvalue weighted by atomic mass is 9.98. The Kier molecular flexibility index (Phi) is 9.12. The third kappa shape index (κ3) is 6.64. The van der Waals surface area contributed by atoms with E-state index in [0.717, 1.165) is 27.8 Å². The highest BCUT2D eigenvalue weighted by atomic mass is 79.9. The molecule has 0 aliphatic carbocycles. The second kappa shape index (κ2) is 11.9. The van der Waals surface area contributed by atoms with Crippen molar-refractivity contribution in [1.82, 2.24) is 9.66 Å². The van der Waals surface area contributed by atoms with Crippen molar-refractivity contribution in [1.29, 1.82) is 0 Å². The van der Waals surface area contributed by atoms with Gasteiger partial charge in [-0.15, -0.1) is 6.58 Å². The topological polar surface area (TPSA) is 65.7 Å². The second-order valence-electron chi connectivity index (χ2n) is 10.1. The molecule has 0 fully saturated rings. The highest BCUT2D eigenvalue weighted by molar-refractivity contribution is 9.10. The number of hydrogen-bond donors (Lipinski definition) is 0. The van der Waals surface area contributed by atoms with Crippen LogP contribution in [0.1, 0.15) is 70.8 Å². The average molecular weight is 555 g/mol. The van der Waals surface area contributed by atoms with Gasteiger partial charge >= 0.3 is 0 Å². The maximum Gasteiger partial charge on any atom is 0.282 e. The molecular weight excluding hydrogens is 518 g/mol. The van der Waals surface area contributed by atoms with Crippen molar-refractivity contribution in [3.63, 3.8) is 0 Å². The molecule has 1 heterocycles. The van der Waals surface area contributed by atoms with Crippen molar-refractivity contribution in [2.45, 2.75) is 60.3 Å². The predicted octanol–water partition coefficient (Wildman–Crippen LogP) is 7.11. The minimum Gasteiger partial charge on any atom is -0.490 e. The van der Waals surface area contributed by atoms with Crippen molar-refractivity contribution in [2.75, 3.05) is 13.2 Å². The standard InChI is InChI=1S/C29H36BrN3O3/c1-8-11-21-14-20(15-25(35-10-3)26(21)36-18-29(5,6)7)17-31-33-27(19(4)9-2)32-24-13-12-22(30)16-23(24)28(33)34/h8,12-17,19H,1,9-11,18H2,2-7H3/t19-/m0/s1. The van der Waals surface area contributed by atoms with Crippen LogP contribution in [0, 0.1) is 5.41 Å². The normalized spacial score (nSPS) is 12.8. The van der Waals surface area contributed by atoms with E-state index in [1.54, 1.807) is 12.3 Å². The van der Waals surface area contributed by atoms with Gasteiger partial charge in [0.2, 0.25) is 0 Å². The third-order valence-electron chi connectivity index (χ3n) is 5.68. The van der Waals surface area contributed by atoms with Crippen molar-refractivity contribution in [3.05, 3.63) is 74.8 Å². The number of hydrogen-bond acceptors (Lipinski definition) is 5. The molecule has 0 spiro atoms. The van der Waals surface area contributed by atoms with Crippen LogP contribution in [-0.4, -0.2) is 29.1 Å². The molecule has 0 bridgehead atoms. The minimum absolute atomic E-state index is 0.000674. The SMILES string of the molecule is C=CCc1cc(C=Nn2c([C@@H](C)CC)nc3ccc(Br)cc3c2=O)cc(OCC)c1OCC(C)(C)C. The highest BCUT2D eigenvalue weighted by Gasteiger charge is 2.18. The van der Waals surface area contributed by atoms with Gasteiger partial charge in [0.1, 0.15) is 5.82 Å². The van der Waals surface area contributed by atoms with E-state index < -0.39 is 0 Å². The van der Waals surface area contributed by atoms with E-state index in [1.165, 1.54) is 4.68 Å². The molecule has 0 radical (unpaired) electrons. The Hall–Kier alpha value is -2.93. The van der Waals surface area contributed by atoms with Crippen LogP contribution in [0.5, 0.6) is 11.5 Å². The Balaban J connectivity index is 2.14. The van der Waals surface area contributed by atoms with Gasteiger partial charge in [-0.25, -0.2) is 4.98 Å². The number of ether oxygens (including phenoxy) is 2. The van der Waals surface area contributed by atoms with E-state index in [2.05, 4.69) is 62.2 Å². The Bertz CT molecular complexity index is 1320. The van der Waals surface area contributed by atoms with E-state index in [1.807, 2.05) is 37.3 Å². The average Bonchev–Trinajstić information content (AvgIpc) is 2.82. The Morgan fingerprint density at radius 1 is 1.19 bits per heavy atom. The smallest absolute Gasteiger partial charge is 0.282 e. The van der Waals surface area contributed by atoms with Crippen LogP contribution in [0.4, 0.5) is 0 Å². The first-order valence-corrected chi connectivity index (χ1v) is 13.2. The maximum absolute atomic E-state index is 13.4. The van der Waals surface area contributed by atoms with Gasteiger partial charge in [-0.3, -0.25) is 4.79 Å². The summed E-state index contributed by atoms with van der Waals surface area (Å²) in [5.74, 6) is 2.07. The number of allylic oxidation sites excluding steroid dienone is 1. The first-order valence-electron chi connectivity index (χ1n) is 12.4. The van der Waals surface area contributed by atoms with Crippen molar-refractivity contribution < 1.29 is 9.47 Å². The molecule has 0 amide bonds. The van der Waals surface area contributed by atoms with Crippen LogP contribution in [0.25, 0.3) is 10.9 Å². The van der Waals surface area contributed by atoms with Crippen LogP contribution in [0.2, 0.25) is 0 Å². The molecule has 0 N–H and O–H groups in total. The first kappa shape index (κ1) is 27.7. The summed E-state index contributed by atoms with van der Waals surface area (Å²) in [6, 6.07) is 9.44. The first-order chi connectivity index (χ1) is 17.1. The van der Waals surface area contributed by atoms with Crippen LogP contribution >= 0.6 is 15.9 Å². The number of nitrogens with zero attached hydrogens (tertiary/aromatic N) is 3. The number of benzene rings is 2. The second-order valence-corrected chi connectivity index (χ2v) is 11.0. The fraction of sp³-hybridized carbons (Fsp3) is 0.414. The van der Waals surface area contributed by atoms with Crippen molar-refractivity contribution in [3.8, 4) is 11.5 Å². The summed E-state index contributed by atoms with van der Waals surface area (Å²) < 4.78 is 14.4. The zero-order chi connectivity index (χ0) is 26.5. The lowest BCUT2D eigenvalue weighted by Gasteiger charge is -2.22. The zero-order valence-corrected chi connectivity index (χ0v) is 23.7. The Morgan fingerprint density at radius 2 is 1.94 bits per heavy atom. The molecule has 1 aromatic heterocycles. The number of halogens is 1. The van der Waals surface area contributed by atoms with Gasteiger partial charge < -0.3 is 9.47 Å². The summed E-state index contributed by atoms with van der Waals surface area (Å²) in [5.41, 5.74) is 2.22. The van der Waals surface area contributed by atoms with Gasteiger partial charge in [0, 0.05) is 16.0 Å². The minimum atomic E-state index is -0.200.